The molecule has 2 aromatic rings. The van der Waals surface area contributed by atoms with Crippen LogP contribution in [0.15, 0.2) is 42.7 Å². The van der Waals surface area contributed by atoms with Crippen molar-refractivity contribution in [2.75, 3.05) is 17.2 Å². The van der Waals surface area contributed by atoms with Crippen LogP contribution < -0.4 is 10.6 Å². The molecule has 0 saturated heterocycles. The molecule has 0 spiro atoms. The zero-order valence-corrected chi connectivity index (χ0v) is 12.4. The zero-order valence-electron chi connectivity index (χ0n) is 12.4. The quantitative estimate of drug-likeness (QED) is 0.868. The van der Waals surface area contributed by atoms with Gasteiger partial charge in [-0.15, -0.1) is 0 Å². The van der Waals surface area contributed by atoms with Crippen molar-refractivity contribution < 1.29 is 18.0 Å². The molecule has 1 aromatic heterocycles. The molecule has 0 aliphatic carbocycles. The number of halogens is 3. The predicted octanol–water partition coefficient (Wildman–Crippen LogP) is 4.17. The summed E-state index contributed by atoms with van der Waals surface area (Å²) in [6, 6.07) is 6.10. The van der Waals surface area contributed by atoms with Gasteiger partial charge in [0.2, 0.25) is 0 Å². The highest BCUT2D eigenvalue weighted by Gasteiger charge is 2.30. The van der Waals surface area contributed by atoms with E-state index < -0.39 is 17.6 Å². The molecular weight excluding hydrogens is 307 g/mol. The van der Waals surface area contributed by atoms with Gasteiger partial charge in [-0.2, -0.15) is 13.2 Å². The second-order valence-electron chi connectivity index (χ2n) is 4.92. The van der Waals surface area contributed by atoms with E-state index in [2.05, 4.69) is 15.6 Å². The average molecular weight is 323 g/mol. The van der Waals surface area contributed by atoms with Crippen molar-refractivity contribution >= 4 is 17.3 Å². The Kier molecular flexibility index (Phi) is 5.20. The minimum absolute atomic E-state index is 0.0803. The Morgan fingerprint density at radius 1 is 1.17 bits per heavy atom. The fraction of sp³-hybridized carbons (Fsp3) is 0.250. The summed E-state index contributed by atoms with van der Waals surface area (Å²) >= 11 is 0. The van der Waals surface area contributed by atoms with Crippen LogP contribution in [0.1, 0.15) is 29.3 Å². The van der Waals surface area contributed by atoms with Crippen LogP contribution in [0.25, 0.3) is 0 Å². The number of benzene rings is 1. The summed E-state index contributed by atoms with van der Waals surface area (Å²) in [5, 5.41) is 5.54. The first-order valence-electron chi connectivity index (χ1n) is 7.07. The number of pyridine rings is 1. The van der Waals surface area contributed by atoms with E-state index in [1.165, 1.54) is 18.3 Å². The Morgan fingerprint density at radius 3 is 2.65 bits per heavy atom. The molecule has 0 unspecified atom stereocenters. The molecule has 7 heteroatoms. The summed E-state index contributed by atoms with van der Waals surface area (Å²) in [7, 11) is 0. The maximum absolute atomic E-state index is 12.7. The lowest BCUT2D eigenvalue weighted by Gasteiger charge is -2.10. The number of carbonyl (C=O) groups is 1. The van der Waals surface area contributed by atoms with Gasteiger partial charge in [0, 0.05) is 24.6 Å². The third kappa shape index (κ3) is 4.70. The van der Waals surface area contributed by atoms with Crippen LogP contribution >= 0.6 is 0 Å². The van der Waals surface area contributed by atoms with Crippen molar-refractivity contribution in [2.45, 2.75) is 19.5 Å². The molecule has 4 nitrogen and oxygen atoms in total. The van der Waals surface area contributed by atoms with Gasteiger partial charge in [-0.1, -0.05) is 13.0 Å². The number of hydrogen-bond acceptors (Lipinski definition) is 3. The standard InChI is InChI=1S/C16H16F3N3O/c1-2-6-21-14-7-11(9-20-10-14)15(23)22-13-5-3-4-12(8-13)16(17,18)19/h3-5,7-10,21H,2,6H2,1H3,(H,22,23). The Hall–Kier alpha value is -2.57. The van der Waals surface area contributed by atoms with E-state index in [4.69, 9.17) is 0 Å². The number of hydrogen-bond donors (Lipinski definition) is 2. The number of carbonyl (C=O) groups excluding carboxylic acids is 1. The number of amides is 1. The SMILES string of the molecule is CCCNc1cncc(C(=O)Nc2cccc(C(F)(F)F)c2)c1. The van der Waals surface area contributed by atoms with Crippen LogP contribution in [-0.4, -0.2) is 17.4 Å². The highest BCUT2D eigenvalue weighted by atomic mass is 19.4. The largest absolute Gasteiger partial charge is 0.416 e. The fourth-order valence-electron chi connectivity index (χ4n) is 1.91. The smallest absolute Gasteiger partial charge is 0.384 e. The topological polar surface area (TPSA) is 54.0 Å². The summed E-state index contributed by atoms with van der Waals surface area (Å²) in [4.78, 5) is 16.1. The Morgan fingerprint density at radius 2 is 1.96 bits per heavy atom. The first-order valence-corrected chi connectivity index (χ1v) is 7.07. The summed E-state index contributed by atoms with van der Waals surface area (Å²) in [6.45, 7) is 2.74. The van der Waals surface area contributed by atoms with Gasteiger partial charge >= 0.3 is 6.18 Å². The molecule has 23 heavy (non-hydrogen) atoms. The van der Waals surface area contributed by atoms with E-state index in [1.54, 1.807) is 12.3 Å². The second kappa shape index (κ2) is 7.13. The van der Waals surface area contributed by atoms with E-state index in [-0.39, 0.29) is 11.3 Å². The van der Waals surface area contributed by atoms with Crippen molar-refractivity contribution in [1.29, 1.82) is 0 Å². The van der Waals surface area contributed by atoms with Crippen LogP contribution in [-0.2, 0) is 6.18 Å². The minimum atomic E-state index is -4.45. The van der Waals surface area contributed by atoms with E-state index in [1.807, 2.05) is 6.92 Å². The number of alkyl halides is 3. The number of aromatic nitrogens is 1. The van der Waals surface area contributed by atoms with Crippen LogP contribution in [0.5, 0.6) is 0 Å². The Labute approximate surface area is 131 Å². The molecule has 0 atom stereocenters. The molecule has 0 radical (unpaired) electrons. The van der Waals surface area contributed by atoms with Gasteiger partial charge in [-0.3, -0.25) is 9.78 Å². The second-order valence-corrected chi connectivity index (χ2v) is 4.92. The van der Waals surface area contributed by atoms with E-state index in [0.29, 0.717) is 5.69 Å². The molecule has 0 aliphatic heterocycles. The molecule has 0 aliphatic rings. The predicted molar refractivity (Wildman–Crippen MR) is 82.4 cm³/mol. The molecule has 2 rings (SSSR count). The van der Waals surface area contributed by atoms with Gasteiger partial charge in [0.15, 0.2) is 0 Å². The third-order valence-electron chi connectivity index (χ3n) is 3.03. The highest BCUT2D eigenvalue weighted by molar-refractivity contribution is 6.04. The van der Waals surface area contributed by atoms with E-state index in [0.717, 1.165) is 25.1 Å². The van der Waals surface area contributed by atoms with Crippen molar-refractivity contribution in [3.8, 4) is 0 Å². The Balaban J connectivity index is 2.13. The van der Waals surface area contributed by atoms with Crippen LogP contribution in [0.4, 0.5) is 24.5 Å². The average Bonchev–Trinajstić information content (AvgIpc) is 2.52. The lowest BCUT2D eigenvalue weighted by atomic mass is 10.2. The fourth-order valence-corrected chi connectivity index (χ4v) is 1.91. The summed E-state index contributed by atoms with van der Waals surface area (Å²) in [5.74, 6) is -0.517. The maximum atomic E-state index is 12.7. The van der Waals surface area contributed by atoms with Gasteiger partial charge in [0.1, 0.15) is 0 Å². The molecule has 122 valence electrons. The Bertz CT molecular complexity index is 686. The first kappa shape index (κ1) is 16.8. The lowest BCUT2D eigenvalue weighted by molar-refractivity contribution is -0.137. The number of anilines is 2. The van der Waals surface area contributed by atoms with Gasteiger partial charge in [0.25, 0.3) is 5.91 Å². The summed E-state index contributed by atoms with van der Waals surface area (Å²) in [6.07, 6.45) is -0.594. The molecule has 1 heterocycles. The van der Waals surface area contributed by atoms with E-state index >= 15 is 0 Å². The van der Waals surface area contributed by atoms with Crippen LogP contribution in [0.3, 0.4) is 0 Å². The number of nitrogens with one attached hydrogen (secondary N) is 2. The molecule has 0 bridgehead atoms. The molecular formula is C16H16F3N3O. The van der Waals surface area contributed by atoms with Gasteiger partial charge in [-0.25, -0.2) is 0 Å². The zero-order chi connectivity index (χ0) is 16.9. The third-order valence-corrected chi connectivity index (χ3v) is 3.03. The summed E-state index contributed by atoms with van der Waals surface area (Å²) < 4.78 is 38.0. The first-order chi connectivity index (χ1) is 10.9. The van der Waals surface area contributed by atoms with Crippen molar-refractivity contribution in [3.05, 3.63) is 53.9 Å². The lowest BCUT2D eigenvalue weighted by Crippen LogP contribution is -2.14. The molecule has 1 aromatic carbocycles. The molecule has 0 fully saturated rings. The van der Waals surface area contributed by atoms with Crippen molar-refractivity contribution in [1.82, 2.24) is 4.98 Å². The highest BCUT2D eigenvalue weighted by Crippen LogP contribution is 2.30. The summed E-state index contributed by atoms with van der Waals surface area (Å²) in [5.41, 5.74) is 0.218. The van der Waals surface area contributed by atoms with Gasteiger partial charge < -0.3 is 10.6 Å². The maximum Gasteiger partial charge on any atom is 0.416 e. The minimum Gasteiger partial charge on any atom is -0.384 e. The van der Waals surface area contributed by atoms with E-state index in [9.17, 15) is 18.0 Å². The van der Waals surface area contributed by atoms with Crippen molar-refractivity contribution in [2.24, 2.45) is 0 Å². The molecule has 0 saturated carbocycles. The normalized spacial score (nSPS) is 11.1. The monoisotopic (exact) mass is 323 g/mol. The number of rotatable bonds is 5. The van der Waals surface area contributed by atoms with Crippen LogP contribution in [0, 0.1) is 0 Å². The number of nitrogens with zero attached hydrogens (tertiary/aromatic N) is 1. The van der Waals surface area contributed by atoms with Crippen LogP contribution in [0.2, 0.25) is 0 Å². The molecule has 1 amide bonds. The van der Waals surface area contributed by atoms with Gasteiger partial charge in [-0.05, 0) is 30.7 Å². The van der Waals surface area contributed by atoms with Crippen molar-refractivity contribution in [3.63, 3.8) is 0 Å². The molecule has 2 N–H and O–H groups in total. The van der Waals surface area contributed by atoms with Gasteiger partial charge in [0.05, 0.1) is 16.8 Å².